The largest absolute Gasteiger partial charge is 0.367 e. The molecular formula is C28H26Cl2N4O2S. The van der Waals surface area contributed by atoms with E-state index in [-0.39, 0.29) is 22.5 Å². The number of aromatic nitrogens is 2. The van der Waals surface area contributed by atoms with Gasteiger partial charge in [0, 0.05) is 29.0 Å². The van der Waals surface area contributed by atoms with E-state index in [1.165, 1.54) is 12.1 Å². The summed E-state index contributed by atoms with van der Waals surface area (Å²) in [6.07, 6.45) is 4.00. The molecule has 0 amide bonds. The number of nitrogens with one attached hydrogen (secondary N) is 1. The van der Waals surface area contributed by atoms with Gasteiger partial charge in [-0.3, -0.25) is 0 Å². The standard InChI is InChI=1S/C28H26Cl2N4O2S/c1-17-31-26-11-5-20(14-24(26)28(32-17)33-22-7-8-22)19-4-2-3-18(13-19)16-34(23-9-10-23)37(35,36)27-12-6-21(29)15-25(27)30/h2-6,11-15,22-23H,7-10,16H2,1H3,(H,31,32,33). The second-order valence-corrected chi connectivity index (χ2v) is 12.5. The van der Waals surface area contributed by atoms with Crippen molar-refractivity contribution in [1.29, 1.82) is 0 Å². The zero-order valence-corrected chi connectivity index (χ0v) is 22.6. The molecule has 1 heterocycles. The third kappa shape index (κ3) is 5.18. The summed E-state index contributed by atoms with van der Waals surface area (Å²) in [7, 11) is -3.79. The summed E-state index contributed by atoms with van der Waals surface area (Å²) >= 11 is 12.3. The third-order valence-corrected chi connectivity index (χ3v) is 9.38. The summed E-state index contributed by atoms with van der Waals surface area (Å²) in [4.78, 5) is 9.35. The normalized spacial score (nSPS) is 15.9. The number of rotatable bonds is 8. The first kappa shape index (κ1) is 24.6. The topological polar surface area (TPSA) is 75.2 Å². The molecule has 1 aromatic heterocycles. The number of aryl methyl sites for hydroxylation is 1. The van der Waals surface area contributed by atoms with Crippen LogP contribution in [0.15, 0.2) is 65.6 Å². The molecule has 0 saturated heterocycles. The molecule has 0 atom stereocenters. The maximum Gasteiger partial charge on any atom is 0.245 e. The van der Waals surface area contributed by atoms with E-state index in [2.05, 4.69) is 33.5 Å². The van der Waals surface area contributed by atoms with E-state index in [1.807, 2.05) is 31.2 Å². The maximum atomic E-state index is 13.6. The highest BCUT2D eigenvalue weighted by atomic mass is 35.5. The molecule has 190 valence electrons. The van der Waals surface area contributed by atoms with Crippen LogP contribution in [0.3, 0.4) is 0 Å². The van der Waals surface area contributed by atoms with E-state index >= 15 is 0 Å². The van der Waals surface area contributed by atoms with Gasteiger partial charge >= 0.3 is 0 Å². The smallest absolute Gasteiger partial charge is 0.245 e. The number of hydrogen-bond donors (Lipinski definition) is 1. The van der Waals surface area contributed by atoms with Crippen LogP contribution in [0, 0.1) is 6.92 Å². The lowest BCUT2D eigenvalue weighted by molar-refractivity contribution is 0.398. The Kier molecular flexibility index (Phi) is 6.35. The van der Waals surface area contributed by atoms with Crippen molar-refractivity contribution >= 4 is 49.9 Å². The summed E-state index contributed by atoms with van der Waals surface area (Å²) in [6, 6.07) is 19.2. The van der Waals surface area contributed by atoms with Crippen molar-refractivity contribution in [2.24, 2.45) is 0 Å². The van der Waals surface area contributed by atoms with Gasteiger partial charge in [0.25, 0.3) is 0 Å². The molecular weight excluding hydrogens is 527 g/mol. The van der Waals surface area contributed by atoms with Crippen LogP contribution >= 0.6 is 23.2 Å². The van der Waals surface area contributed by atoms with Gasteiger partial charge in [0.2, 0.25) is 10.0 Å². The second-order valence-electron chi connectivity index (χ2n) is 9.83. The SMILES string of the molecule is Cc1nc(NC2CC2)c2cc(-c3cccc(CN(C4CC4)S(=O)(=O)c4ccc(Cl)cc4Cl)c3)ccc2n1. The Bertz CT molecular complexity index is 1620. The predicted octanol–water partition coefficient (Wildman–Crippen LogP) is 6.84. The van der Waals surface area contributed by atoms with Gasteiger partial charge in [0.1, 0.15) is 16.5 Å². The van der Waals surface area contributed by atoms with Crippen molar-refractivity contribution in [2.75, 3.05) is 5.32 Å². The molecule has 2 saturated carbocycles. The number of anilines is 1. The molecule has 1 N–H and O–H groups in total. The number of sulfonamides is 1. The van der Waals surface area contributed by atoms with Gasteiger partial charge in [0.05, 0.1) is 10.5 Å². The Morgan fingerprint density at radius 2 is 1.73 bits per heavy atom. The molecule has 9 heteroatoms. The van der Waals surface area contributed by atoms with E-state index in [4.69, 9.17) is 23.2 Å². The monoisotopic (exact) mass is 552 g/mol. The molecule has 2 aliphatic carbocycles. The average Bonchev–Trinajstić information content (AvgIpc) is 3.78. The predicted molar refractivity (Wildman–Crippen MR) is 149 cm³/mol. The van der Waals surface area contributed by atoms with Crippen LogP contribution in [0.5, 0.6) is 0 Å². The van der Waals surface area contributed by atoms with Crippen LogP contribution in [0.4, 0.5) is 5.82 Å². The van der Waals surface area contributed by atoms with Gasteiger partial charge in [-0.1, -0.05) is 47.5 Å². The Hall–Kier alpha value is -2.71. The minimum atomic E-state index is -3.79. The minimum Gasteiger partial charge on any atom is -0.367 e. The van der Waals surface area contributed by atoms with Gasteiger partial charge in [-0.15, -0.1) is 0 Å². The summed E-state index contributed by atoms with van der Waals surface area (Å²) in [6.45, 7) is 2.18. The minimum absolute atomic E-state index is 0.0301. The van der Waals surface area contributed by atoms with Crippen LogP contribution < -0.4 is 5.32 Å². The first-order chi connectivity index (χ1) is 17.8. The maximum absolute atomic E-state index is 13.6. The number of nitrogens with zero attached hydrogens (tertiary/aromatic N) is 3. The Morgan fingerprint density at radius 1 is 0.946 bits per heavy atom. The van der Waals surface area contributed by atoms with Crippen molar-refractivity contribution in [2.45, 2.75) is 56.1 Å². The van der Waals surface area contributed by atoms with Gasteiger partial charge in [-0.25, -0.2) is 18.4 Å². The Balaban J connectivity index is 1.33. The number of halogens is 2. The summed E-state index contributed by atoms with van der Waals surface area (Å²) < 4.78 is 28.7. The van der Waals surface area contributed by atoms with Crippen LogP contribution in [0.25, 0.3) is 22.0 Å². The van der Waals surface area contributed by atoms with Gasteiger partial charge in [0.15, 0.2) is 0 Å². The van der Waals surface area contributed by atoms with E-state index in [9.17, 15) is 8.42 Å². The molecule has 0 aliphatic heterocycles. The molecule has 2 aliphatic rings. The molecule has 0 bridgehead atoms. The van der Waals surface area contributed by atoms with Crippen LogP contribution in [-0.2, 0) is 16.6 Å². The molecule has 37 heavy (non-hydrogen) atoms. The summed E-state index contributed by atoms with van der Waals surface area (Å²) in [5.74, 6) is 1.61. The fourth-order valence-electron chi connectivity index (χ4n) is 4.57. The zero-order chi connectivity index (χ0) is 25.7. The fourth-order valence-corrected chi connectivity index (χ4v) is 6.99. The lowest BCUT2D eigenvalue weighted by Gasteiger charge is -2.23. The first-order valence-electron chi connectivity index (χ1n) is 12.4. The molecule has 6 rings (SSSR count). The molecule has 6 nitrogen and oxygen atoms in total. The lowest BCUT2D eigenvalue weighted by atomic mass is 10.0. The second kappa shape index (κ2) is 9.55. The van der Waals surface area contributed by atoms with Crippen molar-refractivity contribution in [1.82, 2.24) is 14.3 Å². The molecule has 0 radical (unpaired) electrons. The van der Waals surface area contributed by atoms with Crippen LogP contribution in [0.1, 0.15) is 37.1 Å². The Morgan fingerprint density at radius 3 is 2.46 bits per heavy atom. The fraction of sp³-hybridized carbons (Fsp3) is 0.286. The van der Waals surface area contributed by atoms with Crippen molar-refractivity contribution in [3.8, 4) is 11.1 Å². The molecule has 3 aromatic carbocycles. The van der Waals surface area contributed by atoms with Crippen molar-refractivity contribution in [3.63, 3.8) is 0 Å². The highest BCUT2D eigenvalue weighted by Crippen LogP contribution is 2.37. The first-order valence-corrected chi connectivity index (χ1v) is 14.6. The summed E-state index contributed by atoms with van der Waals surface area (Å²) in [5, 5.41) is 5.06. The number of benzene rings is 3. The third-order valence-electron chi connectivity index (χ3n) is 6.76. The molecule has 4 aromatic rings. The van der Waals surface area contributed by atoms with E-state index in [0.717, 1.165) is 64.9 Å². The van der Waals surface area contributed by atoms with Gasteiger partial charge in [-0.2, -0.15) is 4.31 Å². The lowest BCUT2D eigenvalue weighted by Crippen LogP contribution is -2.32. The van der Waals surface area contributed by atoms with Crippen molar-refractivity contribution in [3.05, 3.63) is 82.1 Å². The average molecular weight is 554 g/mol. The van der Waals surface area contributed by atoms with Crippen LogP contribution in [0.2, 0.25) is 10.0 Å². The van der Waals surface area contributed by atoms with Gasteiger partial charge < -0.3 is 5.32 Å². The molecule has 0 spiro atoms. The number of hydrogen-bond acceptors (Lipinski definition) is 5. The molecule has 0 unspecified atom stereocenters. The highest BCUT2D eigenvalue weighted by Gasteiger charge is 2.39. The number of fused-ring (bicyclic) bond motifs is 1. The quantitative estimate of drug-likeness (QED) is 0.259. The summed E-state index contributed by atoms with van der Waals surface area (Å²) in [5.41, 5.74) is 3.85. The van der Waals surface area contributed by atoms with E-state index in [1.54, 1.807) is 10.4 Å². The molecule has 2 fully saturated rings. The Labute approximate surface area is 226 Å². The van der Waals surface area contributed by atoms with E-state index < -0.39 is 10.0 Å². The van der Waals surface area contributed by atoms with Crippen molar-refractivity contribution < 1.29 is 8.42 Å². The van der Waals surface area contributed by atoms with E-state index in [0.29, 0.717) is 11.1 Å². The zero-order valence-electron chi connectivity index (χ0n) is 20.3. The highest BCUT2D eigenvalue weighted by molar-refractivity contribution is 7.89. The van der Waals surface area contributed by atoms with Crippen LogP contribution in [-0.4, -0.2) is 34.8 Å². The van der Waals surface area contributed by atoms with Gasteiger partial charge in [-0.05, 0) is 85.7 Å².